The van der Waals surface area contributed by atoms with Gasteiger partial charge >= 0.3 is 0 Å². The van der Waals surface area contributed by atoms with E-state index in [9.17, 15) is 0 Å². The molecule has 1 aromatic heterocycles. The standard InChI is InChI=1S/C15H22N2S/c1-3-4-5-6-7-13-8-9-15(18-13)14-10-11-16-12(2)17-14/h8-9,11,14H,3-7,10H2,1-2H3/t14-/m0/s1. The predicted octanol–water partition coefficient (Wildman–Crippen LogP) is 4.80. The SMILES string of the molecule is CCCCCCc1ccc([C@@H]2CC=NC(C)=N2)s1. The lowest BCUT2D eigenvalue weighted by Gasteiger charge is -2.11. The molecule has 2 heterocycles. The zero-order chi connectivity index (χ0) is 12.8. The topological polar surface area (TPSA) is 24.7 Å². The third-order valence-electron chi connectivity index (χ3n) is 3.24. The highest BCUT2D eigenvalue weighted by Crippen LogP contribution is 2.30. The quantitative estimate of drug-likeness (QED) is 0.658. The number of aliphatic imine (C=N–C) groups is 2. The van der Waals surface area contributed by atoms with Gasteiger partial charge in [0.05, 0.1) is 6.04 Å². The summed E-state index contributed by atoms with van der Waals surface area (Å²) >= 11 is 1.93. The number of thiophene rings is 1. The van der Waals surface area contributed by atoms with Crippen LogP contribution in [0.2, 0.25) is 0 Å². The average molecular weight is 262 g/mol. The summed E-state index contributed by atoms with van der Waals surface area (Å²) in [6, 6.07) is 4.85. The Hall–Kier alpha value is -0.960. The summed E-state index contributed by atoms with van der Waals surface area (Å²) in [5.74, 6) is 0.907. The van der Waals surface area contributed by atoms with Crippen LogP contribution in [-0.2, 0) is 6.42 Å². The number of hydrogen-bond donors (Lipinski definition) is 0. The van der Waals surface area contributed by atoms with E-state index in [4.69, 9.17) is 0 Å². The average Bonchev–Trinajstić information content (AvgIpc) is 2.83. The molecule has 0 N–H and O–H groups in total. The Labute approximate surface area is 114 Å². The number of hydrogen-bond acceptors (Lipinski definition) is 3. The fourth-order valence-corrected chi connectivity index (χ4v) is 3.32. The van der Waals surface area contributed by atoms with Gasteiger partial charge in [-0.3, -0.25) is 4.99 Å². The molecule has 2 nitrogen and oxygen atoms in total. The molecule has 1 atom stereocenters. The molecule has 0 unspecified atom stereocenters. The van der Waals surface area contributed by atoms with Gasteiger partial charge in [0.15, 0.2) is 0 Å². The van der Waals surface area contributed by atoms with Crippen molar-refractivity contribution in [3.05, 3.63) is 21.9 Å². The highest BCUT2D eigenvalue weighted by Gasteiger charge is 2.14. The Kier molecular flexibility index (Phi) is 5.12. The Morgan fingerprint density at radius 1 is 1.28 bits per heavy atom. The van der Waals surface area contributed by atoms with Crippen molar-refractivity contribution in [1.82, 2.24) is 0 Å². The largest absolute Gasteiger partial charge is 0.261 e. The molecule has 0 saturated carbocycles. The van der Waals surface area contributed by atoms with E-state index in [2.05, 4.69) is 29.0 Å². The van der Waals surface area contributed by atoms with Gasteiger partial charge in [-0.25, -0.2) is 4.99 Å². The fraction of sp³-hybridized carbons (Fsp3) is 0.600. The molecular formula is C15H22N2S. The van der Waals surface area contributed by atoms with E-state index in [0.29, 0.717) is 6.04 Å². The van der Waals surface area contributed by atoms with Gasteiger partial charge in [0.25, 0.3) is 0 Å². The minimum Gasteiger partial charge on any atom is -0.261 e. The van der Waals surface area contributed by atoms with Crippen molar-refractivity contribution < 1.29 is 0 Å². The van der Waals surface area contributed by atoms with Gasteiger partial charge in [-0.15, -0.1) is 11.3 Å². The van der Waals surface area contributed by atoms with Gasteiger partial charge in [0.2, 0.25) is 0 Å². The molecule has 0 bridgehead atoms. The summed E-state index contributed by atoms with van der Waals surface area (Å²) in [6.07, 6.45) is 9.53. The van der Waals surface area contributed by atoms with Crippen molar-refractivity contribution in [2.45, 2.75) is 58.4 Å². The molecule has 0 amide bonds. The molecule has 1 aromatic rings. The van der Waals surface area contributed by atoms with Gasteiger partial charge in [-0.2, -0.15) is 0 Å². The van der Waals surface area contributed by atoms with Crippen LogP contribution in [0.4, 0.5) is 0 Å². The van der Waals surface area contributed by atoms with Crippen LogP contribution in [0, 0.1) is 0 Å². The molecule has 18 heavy (non-hydrogen) atoms. The molecule has 0 fully saturated rings. The second kappa shape index (κ2) is 6.83. The van der Waals surface area contributed by atoms with E-state index in [1.165, 1.54) is 41.9 Å². The third kappa shape index (κ3) is 3.77. The summed E-state index contributed by atoms with van der Waals surface area (Å²) in [6.45, 7) is 4.23. The molecule has 1 aliphatic heterocycles. The zero-order valence-corrected chi connectivity index (χ0v) is 12.2. The van der Waals surface area contributed by atoms with Gasteiger partial charge in [0, 0.05) is 22.4 Å². The number of nitrogens with zero attached hydrogens (tertiary/aromatic N) is 2. The van der Waals surface area contributed by atoms with Crippen molar-refractivity contribution in [3.8, 4) is 0 Å². The van der Waals surface area contributed by atoms with Crippen molar-refractivity contribution >= 4 is 23.4 Å². The number of rotatable bonds is 6. The second-order valence-corrected chi connectivity index (χ2v) is 6.05. The summed E-state index contributed by atoms with van der Waals surface area (Å²) in [7, 11) is 0. The lowest BCUT2D eigenvalue weighted by atomic mass is 10.1. The Balaban J connectivity index is 1.88. The molecule has 0 saturated heterocycles. The maximum atomic E-state index is 4.60. The first-order chi connectivity index (χ1) is 8.79. The van der Waals surface area contributed by atoms with Gasteiger partial charge in [-0.1, -0.05) is 26.2 Å². The maximum absolute atomic E-state index is 4.60. The van der Waals surface area contributed by atoms with Gasteiger partial charge < -0.3 is 0 Å². The Morgan fingerprint density at radius 2 is 2.17 bits per heavy atom. The van der Waals surface area contributed by atoms with Crippen LogP contribution in [-0.4, -0.2) is 12.1 Å². The smallest absolute Gasteiger partial charge is 0.120 e. The van der Waals surface area contributed by atoms with Crippen molar-refractivity contribution in [2.24, 2.45) is 9.98 Å². The molecule has 0 radical (unpaired) electrons. The molecule has 0 aromatic carbocycles. The van der Waals surface area contributed by atoms with Crippen LogP contribution in [0.3, 0.4) is 0 Å². The van der Waals surface area contributed by atoms with Crippen molar-refractivity contribution in [3.63, 3.8) is 0 Å². The third-order valence-corrected chi connectivity index (χ3v) is 4.48. The maximum Gasteiger partial charge on any atom is 0.120 e. The van der Waals surface area contributed by atoms with Crippen molar-refractivity contribution in [2.75, 3.05) is 0 Å². The zero-order valence-electron chi connectivity index (χ0n) is 11.4. The fourth-order valence-electron chi connectivity index (χ4n) is 2.21. The highest BCUT2D eigenvalue weighted by molar-refractivity contribution is 7.12. The lowest BCUT2D eigenvalue weighted by Crippen LogP contribution is -2.03. The monoisotopic (exact) mass is 262 g/mol. The van der Waals surface area contributed by atoms with E-state index in [1.54, 1.807) is 0 Å². The van der Waals surface area contributed by atoms with Gasteiger partial charge in [0.1, 0.15) is 5.84 Å². The number of unbranched alkanes of at least 4 members (excludes halogenated alkanes) is 3. The molecule has 3 heteroatoms. The summed E-state index contributed by atoms with van der Waals surface area (Å²) < 4.78 is 0. The Morgan fingerprint density at radius 3 is 2.94 bits per heavy atom. The minimum atomic E-state index is 0.317. The molecule has 0 aliphatic carbocycles. The summed E-state index contributed by atoms with van der Waals surface area (Å²) in [5.41, 5.74) is 0. The van der Waals surface area contributed by atoms with Crippen LogP contribution >= 0.6 is 11.3 Å². The normalized spacial score (nSPS) is 19.0. The van der Waals surface area contributed by atoms with E-state index < -0.39 is 0 Å². The van der Waals surface area contributed by atoms with Crippen LogP contribution in [0.5, 0.6) is 0 Å². The molecule has 98 valence electrons. The van der Waals surface area contributed by atoms with Crippen LogP contribution < -0.4 is 0 Å². The van der Waals surface area contributed by atoms with E-state index in [-0.39, 0.29) is 0 Å². The molecule has 0 spiro atoms. The Bertz CT molecular complexity index is 431. The van der Waals surface area contributed by atoms with E-state index in [1.807, 2.05) is 24.5 Å². The lowest BCUT2D eigenvalue weighted by molar-refractivity contribution is 0.670. The highest BCUT2D eigenvalue weighted by atomic mass is 32.1. The van der Waals surface area contributed by atoms with E-state index >= 15 is 0 Å². The summed E-state index contributed by atoms with van der Waals surface area (Å²) in [4.78, 5) is 11.7. The van der Waals surface area contributed by atoms with Crippen LogP contribution in [0.15, 0.2) is 22.1 Å². The first-order valence-corrected chi connectivity index (χ1v) is 7.76. The van der Waals surface area contributed by atoms with Crippen molar-refractivity contribution in [1.29, 1.82) is 0 Å². The van der Waals surface area contributed by atoms with Gasteiger partial charge in [-0.05, 0) is 31.9 Å². The molecular weight excluding hydrogens is 240 g/mol. The predicted molar refractivity (Wildman–Crippen MR) is 81.1 cm³/mol. The second-order valence-electron chi connectivity index (χ2n) is 4.85. The minimum absolute atomic E-state index is 0.317. The molecule has 1 aliphatic rings. The van der Waals surface area contributed by atoms with Crippen LogP contribution in [0.25, 0.3) is 0 Å². The number of amidine groups is 1. The number of aryl methyl sites for hydroxylation is 1. The molecule has 2 rings (SSSR count). The first-order valence-electron chi connectivity index (χ1n) is 6.95. The van der Waals surface area contributed by atoms with Crippen LogP contribution in [0.1, 0.15) is 61.7 Å². The van der Waals surface area contributed by atoms with E-state index in [0.717, 1.165) is 12.3 Å². The summed E-state index contributed by atoms with van der Waals surface area (Å²) in [5, 5.41) is 0. The first kappa shape index (κ1) is 13.5.